The van der Waals surface area contributed by atoms with Crippen molar-refractivity contribution in [3.05, 3.63) is 82.6 Å². The molecule has 0 aliphatic heterocycles. The fourth-order valence-corrected chi connectivity index (χ4v) is 2.58. The Morgan fingerprint density at radius 2 is 1.92 bits per heavy atom. The van der Waals surface area contributed by atoms with Crippen molar-refractivity contribution in [2.45, 2.75) is 13.5 Å². The molecular formula is C19H16ClN3O2. The lowest BCUT2D eigenvalue weighted by atomic mass is 10.1. The van der Waals surface area contributed by atoms with Gasteiger partial charge in [0.2, 0.25) is 0 Å². The van der Waals surface area contributed by atoms with E-state index in [0.29, 0.717) is 28.4 Å². The van der Waals surface area contributed by atoms with E-state index in [1.807, 2.05) is 24.3 Å². The van der Waals surface area contributed by atoms with Crippen LogP contribution in [0.1, 0.15) is 33.2 Å². The van der Waals surface area contributed by atoms with Gasteiger partial charge in [0.1, 0.15) is 0 Å². The van der Waals surface area contributed by atoms with Gasteiger partial charge in [-0.2, -0.15) is 5.10 Å². The number of nitrogens with one attached hydrogen (secondary N) is 1. The number of hydrogen-bond donors (Lipinski definition) is 1. The lowest BCUT2D eigenvalue weighted by Crippen LogP contribution is -2.11. The van der Waals surface area contributed by atoms with E-state index in [0.717, 1.165) is 5.56 Å². The Labute approximate surface area is 150 Å². The number of rotatable bonds is 5. The number of nitrogens with zero attached hydrogens (tertiary/aromatic N) is 2. The molecule has 0 unspecified atom stereocenters. The maximum atomic E-state index is 12.4. The lowest BCUT2D eigenvalue weighted by molar-refractivity contribution is 0.101. The SMILES string of the molecule is CC(=O)c1cccc(NC(=O)c2cnn(Cc3ccccc3Cl)c2)c1. The first kappa shape index (κ1) is 16.9. The zero-order chi connectivity index (χ0) is 17.8. The smallest absolute Gasteiger partial charge is 0.258 e. The molecule has 0 atom stereocenters. The Morgan fingerprint density at radius 1 is 1.12 bits per heavy atom. The van der Waals surface area contributed by atoms with Gasteiger partial charge >= 0.3 is 0 Å². The Kier molecular flexibility index (Phi) is 4.95. The molecule has 0 spiro atoms. The van der Waals surface area contributed by atoms with Crippen LogP contribution >= 0.6 is 11.6 Å². The molecule has 2 aromatic carbocycles. The fraction of sp³-hybridized carbons (Fsp3) is 0.105. The Bertz CT molecular complexity index is 934. The van der Waals surface area contributed by atoms with Gasteiger partial charge in [-0.1, -0.05) is 41.9 Å². The summed E-state index contributed by atoms with van der Waals surface area (Å²) in [4.78, 5) is 23.8. The van der Waals surface area contributed by atoms with Crippen molar-refractivity contribution in [3.8, 4) is 0 Å². The Hall–Kier alpha value is -2.92. The van der Waals surface area contributed by atoms with Crippen LogP contribution in [-0.2, 0) is 6.54 Å². The first-order chi connectivity index (χ1) is 12.0. The van der Waals surface area contributed by atoms with Gasteiger partial charge < -0.3 is 5.32 Å². The zero-order valence-electron chi connectivity index (χ0n) is 13.6. The second-order valence-corrected chi connectivity index (χ2v) is 6.02. The zero-order valence-corrected chi connectivity index (χ0v) is 14.3. The summed E-state index contributed by atoms with van der Waals surface area (Å²) in [6.45, 7) is 1.96. The summed E-state index contributed by atoms with van der Waals surface area (Å²) in [6.07, 6.45) is 3.16. The highest BCUT2D eigenvalue weighted by atomic mass is 35.5. The van der Waals surface area contributed by atoms with Crippen LogP contribution in [0.25, 0.3) is 0 Å². The first-order valence-electron chi connectivity index (χ1n) is 7.71. The van der Waals surface area contributed by atoms with Gasteiger partial charge in [0.25, 0.3) is 5.91 Å². The molecule has 0 bridgehead atoms. The van der Waals surface area contributed by atoms with Crippen molar-refractivity contribution in [3.63, 3.8) is 0 Å². The molecule has 0 saturated carbocycles. The normalized spacial score (nSPS) is 10.5. The maximum Gasteiger partial charge on any atom is 0.258 e. The standard InChI is InChI=1S/C19H16ClN3O2/c1-13(24)14-6-4-7-17(9-14)22-19(25)16-10-21-23(12-16)11-15-5-2-3-8-18(15)20/h2-10,12H,11H2,1H3,(H,22,25). The van der Waals surface area contributed by atoms with E-state index in [4.69, 9.17) is 11.6 Å². The van der Waals surface area contributed by atoms with Gasteiger partial charge in [0, 0.05) is 22.5 Å². The summed E-state index contributed by atoms with van der Waals surface area (Å²) in [6, 6.07) is 14.3. The number of carbonyl (C=O) groups excluding carboxylic acids is 2. The van der Waals surface area contributed by atoms with Gasteiger partial charge in [-0.3, -0.25) is 14.3 Å². The van der Waals surface area contributed by atoms with Crippen molar-refractivity contribution >= 4 is 29.0 Å². The maximum absolute atomic E-state index is 12.4. The third kappa shape index (κ3) is 4.14. The van der Waals surface area contributed by atoms with E-state index in [1.165, 1.54) is 13.1 Å². The van der Waals surface area contributed by atoms with E-state index >= 15 is 0 Å². The van der Waals surface area contributed by atoms with Crippen LogP contribution in [0, 0.1) is 0 Å². The van der Waals surface area contributed by atoms with Crippen molar-refractivity contribution in [1.82, 2.24) is 9.78 Å². The van der Waals surface area contributed by atoms with Gasteiger partial charge in [-0.25, -0.2) is 0 Å². The quantitative estimate of drug-likeness (QED) is 0.704. The molecular weight excluding hydrogens is 338 g/mol. The summed E-state index contributed by atoms with van der Waals surface area (Å²) in [5, 5.41) is 7.63. The summed E-state index contributed by atoms with van der Waals surface area (Å²) in [5.41, 5.74) is 2.47. The second kappa shape index (κ2) is 7.32. The largest absolute Gasteiger partial charge is 0.322 e. The molecule has 1 heterocycles. The molecule has 0 fully saturated rings. The number of anilines is 1. The molecule has 0 aliphatic carbocycles. The molecule has 126 valence electrons. The van der Waals surface area contributed by atoms with Crippen LogP contribution in [0.3, 0.4) is 0 Å². The summed E-state index contributed by atoms with van der Waals surface area (Å²) < 4.78 is 1.65. The van der Waals surface area contributed by atoms with E-state index in [9.17, 15) is 9.59 Å². The van der Waals surface area contributed by atoms with Gasteiger partial charge in [-0.05, 0) is 30.7 Å². The van der Waals surface area contributed by atoms with Gasteiger partial charge in [0.05, 0.1) is 18.3 Å². The third-order valence-electron chi connectivity index (χ3n) is 3.71. The molecule has 0 aliphatic rings. The minimum atomic E-state index is -0.286. The summed E-state index contributed by atoms with van der Waals surface area (Å²) >= 11 is 6.14. The van der Waals surface area contributed by atoms with Crippen LogP contribution in [0.15, 0.2) is 60.9 Å². The van der Waals surface area contributed by atoms with Gasteiger partial charge in [-0.15, -0.1) is 0 Å². The van der Waals surface area contributed by atoms with Crippen LogP contribution in [0.4, 0.5) is 5.69 Å². The first-order valence-corrected chi connectivity index (χ1v) is 8.09. The highest BCUT2D eigenvalue weighted by Crippen LogP contribution is 2.17. The van der Waals surface area contributed by atoms with Crippen LogP contribution in [-0.4, -0.2) is 21.5 Å². The molecule has 1 N–H and O–H groups in total. The number of benzene rings is 2. The number of Topliss-reactive ketones (excluding diaryl/α,β-unsaturated/α-hetero) is 1. The minimum Gasteiger partial charge on any atom is -0.322 e. The Balaban J connectivity index is 1.72. The minimum absolute atomic E-state index is 0.0522. The Morgan fingerprint density at radius 3 is 2.68 bits per heavy atom. The molecule has 6 heteroatoms. The van der Waals surface area contributed by atoms with Crippen molar-refractivity contribution in [2.75, 3.05) is 5.32 Å². The number of aromatic nitrogens is 2. The molecule has 1 aromatic heterocycles. The molecule has 1 amide bonds. The second-order valence-electron chi connectivity index (χ2n) is 5.61. The van der Waals surface area contributed by atoms with E-state index in [1.54, 1.807) is 35.1 Å². The van der Waals surface area contributed by atoms with Crippen LogP contribution < -0.4 is 5.32 Å². The molecule has 3 rings (SSSR count). The fourth-order valence-electron chi connectivity index (χ4n) is 2.39. The van der Waals surface area contributed by atoms with Crippen LogP contribution in [0.5, 0.6) is 0 Å². The monoisotopic (exact) mass is 353 g/mol. The number of hydrogen-bond acceptors (Lipinski definition) is 3. The van der Waals surface area contributed by atoms with Crippen molar-refractivity contribution in [1.29, 1.82) is 0 Å². The third-order valence-corrected chi connectivity index (χ3v) is 4.08. The molecule has 0 radical (unpaired) electrons. The predicted molar refractivity (Wildman–Crippen MR) is 97.2 cm³/mol. The summed E-state index contributed by atoms with van der Waals surface area (Å²) in [7, 11) is 0. The molecule has 3 aromatic rings. The van der Waals surface area contributed by atoms with E-state index in [-0.39, 0.29) is 11.7 Å². The highest BCUT2D eigenvalue weighted by molar-refractivity contribution is 6.31. The number of ketones is 1. The number of carbonyl (C=O) groups is 2. The topological polar surface area (TPSA) is 64.0 Å². The highest BCUT2D eigenvalue weighted by Gasteiger charge is 2.11. The number of halogens is 1. The molecule has 25 heavy (non-hydrogen) atoms. The summed E-state index contributed by atoms with van der Waals surface area (Å²) in [5.74, 6) is -0.338. The van der Waals surface area contributed by atoms with Gasteiger partial charge in [0.15, 0.2) is 5.78 Å². The van der Waals surface area contributed by atoms with Crippen molar-refractivity contribution < 1.29 is 9.59 Å². The lowest BCUT2D eigenvalue weighted by Gasteiger charge is -2.05. The average molecular weight is 354 g/mol. The number of amides is 1. The van der Waals surface area contributed by atoms with E-state index in [2.05, 4.69) is 10.4 Å². The predicted octanol–water partition coefficient (Wildman–Crippen LogP) is 4.04. The van der Waals surface area contributed by atoms with Crippen LogP contribution in [0.2, 0.25) is 5.02 Å². The van der Waals surface area contributed by atoms with Crippen molar-refractivity contribution in [2.24, 2.45) is 0 Å². The molecule has 5 nitrogen and oxygen atoms in total. The molecule has 0 saturated heterocycles. The van der Waals surface area contributed by atoms with E-state index < -0.39 is 0 Å². The average Bonchev–Trinajstić information content (AvgIpc) is 3.06.